The SMILES string of the molecule is Cc1nnc(NC2CCNCc3ccccc32)s1. The zero-order valence-corrected chi connectivity index (χ0v) is 11.1. The molecule has 1 unspecified atom stereocenters. The van der Waals surface area contributed by atoms with Crippen molar-refractivity contribution in [3.05, 3.63) is 40.4 Å². The maximum atomic E-state index is 4.15. The van der Waals surface area contributed by atoms with Crippen LogP contribution in [-0.4, -0.2) is 16.7 Å². The summed E-state index contributed by atoms with van der Waals surface area (Å²) in [6, 6.07) is 8.91. The number of nitrogens with zero attached hydrogens (tertiary/aromatic N) is 2. The lowest BCUT2D eigenvalue weighted by Gasteiger charge is -2.17. The van der Waals surface area contributed by atoms with Gasteiger partial charge in [-0.25, -0.2) is 0 Å². The van der Waals surface area contributed by atoms with E-state index >= 15 is 0 Å². The predicted molar refractivity (Wildman–Crippen MR) is 73.8 cm³/mol. The van der Waals surface area contributed by atoms with Gasteiger partial charge in [-0.2, -0.15) is 0 Å². The lowest BCUT2D eigenvalue weighted by molar-refractivity contribution is 0.636. The van der Waals surface area contributed by atoms with Crippen LogP contribution in [0.2, 0.25) is 0 Å². The molecule has 4 nitrogen and oxygen atoms in total. The Morgan fingerprint density at radius 2 is 2.22 bits per heavy atom. The van der Waals surface area contributed by atoms with Crippen molar-refractivity contribution in [2.45, 2.75) is 25.9 Å². The molecule has 0 radical (unpaired) electrons. The Kier molecular flexibility index (Phi) is 3.25. The molecule has 0 bridgehead atoms. The van der Waals surface area contributed by atoms with Gasteiger partial charge in [-0.1, -0.05) is 35.6 Å². The van der Waals surface area contributed by atoms with Gasteiger partial charge < -0.3 is 10.6 Å². The summed E-state index contributed by atoms with van der Waals surface area (Å²) in [6.07, 6.45) is 1.07. The molecule has 0 fully saturated rings. The van der Waals surface area contributed by atoms with E-state index in [9.17, 15) is 0 Å². The van der Waals surface area contributed by atoms with Crippen molar-refractivity contribution >= 4 is 16.5 Å². The zero-order chi connectivity index (χ0) is 12.4. The fraction of sp³-hybridized carbons (Fsp3) is 0.385. The Hall–Kier alpha value is -1.46. The van der Waals surface area contributed by atoms with Crippen LogP contribution < -0.4 is 10.6 Å². The van der Waals surface area contributed by atoms with E-state index in [1.54, 1.807) is 11.3 Å². The molecular formula is C13H16N4S. The van der Waals surface area contributed by atoms with Gasteiger partial charge in [0.05, 0.1) is 6.04 Å². The third-order valence-electron chi connectivity index (χ3n) is 3.18. The van der Waals surface area contributed by atoms with Gasteiger partial charge in [0.25, 0.3) is 0 Å². The maximum absolute atomic E-state index is 4.15. The molecule has 3 rings (SSSR count). The number of rotatable bonds is 2. The molecular weight excluding hydrogens is 244 g/mol. The third kappa shape index (κ3) is 2.37. The molecule has 0 saturated heterocycles. The molecule has 2 aromatic rings. The molecule has 94 valence electrons. The lowest BCUT2D eigenvalue weighted by atomic mass is 10.00. The van der Waals surface area contributed by atoms with E-state index in [0.717, 1.165) is 29.6 Å². The van der Waals surface area contributed by atoms with Crippen LogP contribution in [0.4, 0.5) is 5.13 Å². The lowest BCUT2D eigenvalue weighted by Crippen LogP contribution is -2.15. The number of anilines is 1. The molecule has 2 N–H and O–H groups in total. The highest BCUT2D eigenvalue weighted by Gasteiger charge is 2.18. The van der Waals surface area contributed by atoms with Crippen LogP contribution >= 0.6 is 11.3 Å². The van der Waals surface area contributed by atoms with Crippen molar-refractivity contribution in [2.75, 3.05) is 11.9 Å². The van der Waals surface area contributed by atoms with Crippen molar-refractivity contribution < 1.29 is 0 Å². The van der Waals surface area contributed by atoms with Crippen molar-refractivity contribution in [1.82, 2.24) is 15.5 Å². The average Bonchev–Trinajstić information content (AvgIpc) is 2.68. The third-order valence-corrected chi connectivity index (χ3v) is 3.95. The first-order valence-corrected chi connectivity index (χ1v) is 7.00. The van der Waals surface area contributed by atoms with Crippen LogP contribution in [0.1, 0.15) is 28.6 Å². The fourth-order valence-electron chi connectivity index (χ4n) is 2.31. The molecule has 1 aromatic heterocycles. The molecule has 0 spiro atoms. The molecule has 0 aliphatic carbocycles. The number of benzene rings is 1. The van der Waals surface area contributed by atoms with Crippen LogP contribution in [0, 0.1) is 6.92 Å². The number of hydrogen-bond donors (Lipinski definition) is 2. The summed E-state index contributed by atoms with van der Waals surface area (Å²) in [6.45, 7) is 3.94. The van der Waals surface area contributed by atoms with Crippen molar-refractivity contribution in [1.29, 1.82) is 0 Å². The number of hydrogen-bond acceptors (Lipinski definition) is 5. The molecule has 1 aromatic carbocycles. The standard InChI is InChI=1S/C13H16N4S/c1-9-16-17-13(18-9)15-12-6-7-14-8-10-4-2-3-5-11(10)12/h2-5,12,14H,6-8H2,1H3,(H,15,17). The minimum Gasteiger partial charge on any atom is -0.353 e. The predicted octanol–water partition coefficient (Wildman–Crippen LogP) is 2.49. The van der Waals surface area contributed by atoms with Crippen LogP contribution in [0.5, 0.6) is 0 Å². The van der Waals surface area contributed by atoms with Crippen molar-refractivity contribution in [3.63, 3.8) is 0 Å². The molecule has 18 heavy (non-hydrogen) atoms. The first-order chi connectivity index (χ1) is 8.83. The second-order valence-electron chi connectivity index (χ2n) is 4.49. The summed E-state index contributed by atoms with van der Waals surface area (Å²) in [5.74, 6) is 0. The van der Waals surface area contributed by atoms with Crippen LogP contribution in [0.3, 0.4) is 0 Å². The largest absolute Gasteiger partial charge is 0.353 e. The number of fused-ring (bicyclic) bond motifs is 1. The number of nitrogens with one attached hydrogen (secondary N) is 2. The van der Waals surface area contributed by atoms with Crippen molar-refractivity contribution in [3.8, 4) is 0 Å². The summed E-state index contributed by atoms with van der Waals surface area (Å²) in [4.78, 5) is 0. The van der Waals surface area contributed by atoms with Gasteiger partial charge in [0.1, 0.15) is 5.01 Å². The Labute approximate surface area is 110 Å². The normalized spacial score (nSPS) is 19.1. The molecule has 0 amide bonds. The van der Waals surface area contributed by atoms with E-state index in [1.807, 2.05) is 6.92 Å². The number of aromatic nitrogens is 2. The maximum Gasteiger partial charge on any atom is 0.206 e. The molecule has 1 aliphatic rings. The molecule has 2 heterocycles. The summed E-state index contributed by atoms with van der Waals surface area (Å²) in [5, 5.41) is 17.1. The van der Waals surface area contributed by atoms with E-state index in [4.69, 9.17) is 0 Å². The van der Waals surface area contributed by atoms with Crippen LogP contribution in [0.15, 0.2) is 24.3 Å². The highest BCUT2D eigenvalue weighted by Crippen LogP contribution is 2.28. The average molecular weight is 260 g/mol. The Bertz CT molecular complexity index is 537. The van der Waals surface area contributed by atoms with Gasteiger partial charge in [0.2, 0.25) is 5.13 Å². The van der Waals surface area contributed by atoms with Crippen LogP contribution in [-0.2, 0) is 6.54 Å². The topological polar surface area (TPSA) is 49.8 Å². The Morgan fingerprint density at radius 1 is 1.33 bits per heavy atom. The van der Waals surface area contributed by atoms with Gasteiger partial charge in [-0.3, -0.25) is 0 Å². The van der Waals surface area contributed by atoms with Crippen molar-refractivity contribution in [2.24, 2.45) is 0 Å². The first kappa shape index (κ1) is 11.6. The molecule has 1 atom stereocenters. The molecule has 1 aliphatic heterocycles. The minimum absolute atomic E-state index is 0.323. The highest BCUT2D eigenvalue weighted by atomic mass is 32.1. The highest BCUT2D eigenvalue weighted by molar-refractivity contribution is 7.15. The second kappa shape index (κ2) is 5.04. The fourth-order valence-corrected chi connectivity index (χ4v) is 2.96. The van der Waals surface area contributed by atoms with E-state index in [1.165, 1.54) is 11.1 Å². The second-order valence-corrected chi connectivity index (χ2v) is 5.67. The van der Waals surface area contributed by atoms with Gasteiger partial charge >= 0.3 is 0 Å². The van der Waals surface area contributed by atoms with E-state index in [0.29, 0.717) is 6.04 Å². The van der Waals surface area contributed by atoms with Gasteiger partial charge in [-0.05, 0) is 31.0 Å². The first-order valence-electron chi connectivity index (χ1n) is 6.18. The molecule has 5 heteroatoms. The summed E-state index contributed by atoms with van der Waals surface area (Å²) in [7, 11) is 0. The smallest absolute Gasteiger partial charge is 0.206 e. The summed E-state index contributed by atoms with van der Waals surface area (Å²) >= 11 is 1.61. The van der Waals surface area contributed by atoms with E-state index in [2.05, 4.69) is 45.1 Å². The zero-order valence-electron chi connectivity index (χ0n) is 10.3. The Morgan fingerprint density at radius 3 is 3.06 bits per heavy atom. The van der Waals surface area contributed by atoms with Gasteiger partial charge in [0, 0.05) is 6.54 Å². The Balaban J connectivity index is 1.87. The monoisotopic (exact) mass is 260 g/mol. The van der Waals surface area contributed by atoms with Crippen LogP contribution in [0.25, 0.3) is 0 Å². The number of aryl methyl sites for hydroxylation is 1. The van der Waals surface area contributed by atoms with E-state index in [-0.39, 0.29) is 0 Å². The quantitative estimate of drug-likeness (QED) is 0.871. The van der Waals surface area contributed by atoms with Gasteiger partial charge in [0.15, 0.2) is 0 Å². The van der Waals surface area contributed by atoms with Gasteiger partial charge in [-0.15, -0.1) is 10.2 Å². The minimum atomic E-state index is 0.323. The summed E-state index contributed by atoms with van der Waals surface area (Å²) in [5.41, 5.74) is 2.74. The molecule has 0 saturated carbocycles. The van der Waals surface area contributed by atoms with E-state index < -0.39 is 0 Å². The summed E-state index contributed by atoms with van der Waals surface area (Å²) < 4.78 is 0.